The third kappa shape index (κ3) is 3.22. The third-order valence-corrected chi connectivity index (χ3v) is 4.76. The topological polar surface area (TPSA) is 111 Å². The number of rotatable bonds is 6. The predicted molar refractivity (Wildman–Crippen MR) is 105 cm³/mol. The predicted octanol–water partition coefficient (Wildman–Crippen LogP) is 2.50. The van der Waals surface area contributed by atoms with Crippen LogP contribution in [0.2, 0.25) is 5.15 Å². The molecule has 10 heteroatoms. The van der Waals surface area contributed by atoms with Gasteiger partial charge in [-0.3, -0.25) is 0 Å². The van der Waals surface area contributed by atoms with Crippen molar-refractivity contribution in [2.24, 2.45) is 0 Å². The Morgan fingerprint density at radius 1 is 1.18 bits per heavy atom. The van der Waals surface area contributed by atoms with E-state index < -0.39 is 0 Å². The molecule has 150 valence electrons. The maximum Gasteiger partial charge on any atom is 0.259 e. The molecule has 0 saturated heterocycles. The summed E-state index contributed by atoms with van der Waals surface area (Å²) in [5, 5.41) is 13.7. The van der Waals surface area contributed by atoms with Gasteiger partial charge in [0.15, 0.2) is 0 Å². The maximum absolute atomic E-state index is 12.7. The summed E-state index contributed by atoms with van der Waals surface area (Å²) in [6.07, 6.45) is 3.19. The van der Waals surface area contributed by atoms with Crippen molar-refractivity contribution in [3.8, 4) is 17.2 Å². The number of halogens is 1. The van der Waals surface area contributed by atoms with Crippen molar-refractivity contribution >= 4 is 28.6 Å². The standard InChI is InChI=1S/C18H22ClN5O4/c1-9(2)10-6-23(17-13(10)16(19)21-18(20)22-17)7-11-14(27-4)15(28-5)12(26-3)8-24(11)25/h6,8-9H,7H2,1-5H3,(H2,20,21,22). The highest BCUT2D eigenvalue weighted by atomic mass is 35.5. The van der Waals surface area contributed by atoms with Gasteiger partial charge in [0.1, 0.15) is 17.3 Å². The van der Waals surface area contributed by atoms with Crippen molar-refractivity contribution in [2.45, 2.75) is 26.3 Å². The first kappa shape index (κ1) is 19.8. The average molecular weight is 408 g/mol. The average Bonchev–Trinajstić information content (AvgIpc) is 3.01. The summed E-state index contributed by atoms with van der Waals surface area (Å²) in [5.74, 6) is 1.10. The highest BCUT2D eigenvalue weighted by Gasteiger charge is 2.27. The first-order valence-corrected chi connectivity index (χ1v) is 8.92. The molecule has 2 N–H and O–H groups in total. The lowest BCUT2D eigenvalue weighted by molar-refractivity contribution is -0.615. The number of anilines is 1. The van der Waals surface area contributed by atoms with Crippen molar-refractivity contribution in [3.05, 3.63) is 34.0 Å². The number of nitrogen functional groups attached to an aromatic ring is 1. The Morgan fingerprint density at radius 3 is 2.43 bits per heavy atom. The van der Waals surface area contributed by atoms with E-state index in [0.717, 1.165) is 5.56 Å². The van der Waals surface area contributed by atoms with Gasteiger partial charge in [0.2, 0.25) is 29.4 Å². The molecule has 0 aliphatic rings. The van der Waals surface area contributed by atoms with Crippen LogP contribution >= 0.6 is 11.6 Å². The number of hydrogen-bond acceptors (Lipinski definition) is 7. The zero-order valence-corrected chi connectivity index (χ0v) is 17.1. The Hall–Kier alpha value is -2.94. The first-order chi connectivity index (χ1) is 13.3. The smallest absolute Gasteiger partial charge is 0.259 e. The molecular formula is C18H22ClN5O4. The maximum atomic E-state index is 12.7. The van der Waals surface area contributed by atoms with E-state index in [-0.39, 0.29) is 35.1 Å². The van der Waals surface area contributed by atoms with E-state index in [0.29, 0.717) is 27.2 Å². The van der Waals surface area contributed by atoms with E-state index in [2.05, 4.69) is 9.97 Å². The first-order valence-electron chi connectivity index (χ1n) is 8.55. The van der Waals surface area contributed by atoms with Gasteiger partial charge in [-0.15, -0.1) is 0 Å². The van der Waals surface area contributed by atoms with Crippen molar-refractivity contribution in [1.82, 2.24) is 14.5 Å². The lowest BCUT2D eigenvalue weighted by Gasteiger charge is -2.15. The summed E-state index contributed by atoms with van der Waals surface area (Å²) in [5.41, 5.74) is 7.61. The fourth-order valence-electron chi connectivity index (χ4n) is 3.18. The number of hydrogen-bond donors (Lipinski definition) is 1. The van der Waals surface area contributed by atoms with Crippen LogP contribution in [0.5, 0.6) is 17.2 Å². The van der Waals surface area contributed by atoms with Crippen molar-refractivity contribution < 1.29 is 18.9 Å². The van der Waals surface area contributed by atoms with Gasteiger partial charge in [0.25, 0.3) is 5.69 Å². The van der Waals surface area contributed by atoms with Gasteiger partial charge in [0.05, 0.1) is 26.7 Å². The molecule has 3 rings (SSSR count). The molecule has 3 aromatic rings. The summed E-state index contributed by atoms with van der Waals surface area (Å²) >= 11 is 6.33. The molecule has 0 aromatic carbocycles. The Labute approximate surface area is 167 Å². The Bertz CT molecular complexity index is 1030. The summed E-state index contributed by atoms with van der Waals surface area (Å²) < 4.78 is 18.5. The minimum absolute atomic E-state index is 0.0569. The molecule has 0 saturated carbocycles. The number of fused-ring (bicyclic) bond motifs is 1. The second-order valence-corrected chi connectivity index (χ2v) is 6.83. The van der Waals surface area contributed by atoms with Gasteiger partial charge in [-0.25, -0.2) is 4.98 Å². The molecule has 0 fully saturated rings. The fraction of sp³-hybridized carbons (Fsp3) is 0.389. The monoisotopic (exact) mass is 407 g/mol. The van der Waals surface area contributed by atoms with Crippen LogP contribution < -0.4 is 24.7 Å². The second-order valence-electron chi connectivity index (χ2n) is 6.47. The molecule has 0 spiro atoms. The minimum atomic E-state index is 0.0569. The van der Waals surface area contributed by atoms with Crippen LogP contribution in [0.25, 0.3) is 11.0 Å². The quantitative estimate of drug-likeness (QED) is 0.379. The molecular weight excluding hydrogens is 386 g/mol. The van der Waals surface area contributed by atoms with Gasteiger partial charge in [-0.2, -0.15) is 9.71 Å². The summed E-state index contributed by atoms with van der Waals surface area (Å²) in [6.45, 7) is 4.23. The van der Waals surface area contributed by atoms with Gasteiger partial charge in [0, 0.05) is 6.20 Å². The molecule has 9 nitrogen and oxygen atoms in total. The summed E-state index contributed by atoms with van der Waals surface area (Å²) in [7, 11) is 4.40. The Kier molecular flexibility index (Phi) is 5.37. The third-order valence-electron chi connectivity index (χ3n) is 4.48. The summed E-state index contributed by atoms with van der Waals surface area (Å²) in [6, 6.07) is 0. The highest BCUT2D eigenvalue weighted by molar-refractivity contribution is 6.34. The molecule has 0 unspecified atom stereocenters. The van der Waals surface area contributed by atoms with Crippen molar-refractivity contribution in [3.63, 3.8) is 0 Å². The van der Waals surface area contributed by atoms with E-state index in [4.69, 9.17) is 31.5 Å². The lowest BCUT2D eigenvalue weighted by Crippen LogP contribution is -2.33. The van der Waals surface area contributed by atoms with Gasteiger partial charge < -0.3 is 29.7 Å². The fourth-order valence-corrected chi connectivity index (χ4v) is 3.46. The van der Waals surface area contributed by atoms with Gasteiger partial charge >= 0.3 is 0 Å². The van der Waals surface area contributed by atoms with E-state index >= 15 is 0 Å². The van der Waals surface area contributed by atoms with E-state index in [1.54, 1.807) is 4.57 Å². The summed E-state index contributed by atoms with van der Waals surface area (Å²) in [4.78, 5) is 8.39. The minimum Gasteiger partial charge on any atom is -0.618 e. The highest BCUT2D eigenvalue weighted by Crippen LogP contribution is 2.39. The molecule has 3 heterocycles. The lowest BCUT2D eigenvalue weighted by atomic mass is 10.1. The molecule has 0 amide bonds. The van der Waals surface area contributed by atoms with Crippen molar-refractivity contribution in [2.75, 3.05) is 27.1 Å². The van der Waals surface area contributed by atoms with Crippen LogP contribution in [-0.4, -0.2) is 35.9 Å². The number of ether oxygens (including phenoxy) is 3. The van der Waals surface area contributed by atoms with E-state index in [1.807, 2.05) is 20.0 Å². The zero-order chi connectivity index (χ0) is 20.6. The number of aromatic nitrogens is 4. The zero-order valence-electron chi connectivity index (χ0n) is 16.3. The number of methoxy groups -OCH3 is 3. The Balaban J connectivity index is 2.24. The molecule has 0 bridgehead atoms. The van der Waals surface area contributed by atoms with E-state index in [9.17, 15) is 5.21 Å². The SMILES string of the molecule is COc1c[n+]([O-])c(Cn2cc(C(C)C)c3c(Cl)nc(N)nc32)c(OC)c1OC. The molecule has 0 aliphatic heterocycles. The number of pyridine rings is 1. The van der Waals surface area contributed by atoms with Crippen molar-refractivity contribution in [1.29, 1.82) is 0 Å². The van der Waals surface area contributed by atoms with Gasteiger partial charge in [-0.1, -0.05) is 25.4 Å². The number of nitrogens with zero attached hydrogens (tertiary/aromatic N) is 4. The normalized spacial score (nSPS) is 11.2. The molecule has 0 atom stereocenters. The van der Waals surface area contributed by atoms with Crippen LogP contribution in [0.3, 0.4) is 0 Å². The number of nitrogens with two attached hydrogens (primary N) is 1. The van der Waals surface area contributed by atoms with Crippen LogP contribution in [0.4, 0.5) is 5.95 Å². The largest absolute Gasteiger partial charge is 0.618 e. The van der Waals surface area contributed by atoms with Gasteiger partial charge in [-0.05, 0) is 11.5 Å². The Morgan fingerprint density at radius 2 is 1.86 bits per heavy atom. The molecule has 28 heavy (non-hydrogen) atoms. The van der Waals surface area contributed by atoms with Crippen LogP contribution in [0.1, 0.15) is 31.0 Å². The van der Waals surface area contributed by atoms with Crippen LogP contribution in [0, 0.1) is 5.21 Å². The van der Waals surface area contributed by atoms with E-state index in [1.165, 1.54) is 27.5 Å². The van der Waals surface area contributed by atoms with Crippen LogP contribution in [-0.2, 0) is 6.54 Å². The molecule has 3 aromatic heterocycles. The molecule has 0 aliphatic carbocycles. The van der Waals surface area contributed by atoms with Crippen LogP contribution in [0.15, 0.2) is 12.4 Å². The molecule has 0 radical (unpaired) electrons. The second kappa shape index (κ2) is 7.59.